The van der Waals surface area contributed by atoms with Gasteiger partial charge in [0, 0.05) is 30.5 Å². The van der Waals surface area contributed by atoms with E-state index in [1.807, 2.05) is 25.3 Å². The van der Waals surface area contributed by atoms with Crippen LogP contribution in [0.25, 0.3) is 11.3 Å². The average Bonchev–Trinajstić information content (AvgIpc) is 3.35. The van der Waals surface area contributed by atoms with Gasteiger partial charge in [-0.2, -0.15) is 4.31 Å². The van der Waals surface area contributed by atoms with Gasteiger partial charge in [0.1, 0.15) is 5.75 Å². The van der Waals surface area contributed by atoms with Crippen LogP contribution in [0.5, 0.6) is 5.75 Å². The topological polar surface area (TPSA) is 118 Å². The van der Waals surface area contributed by atoms with E-state index >= 15 is 0 Å². The number of carbonyl (C=O) groups is 2. The molecule has 0 saturated heterocycles. The number of ether oxygens (including phenoxy) is 1. The van der Waals surface area contributed by atoms with E-state index in [1.54, 1.807) is 36.4 Å². The monoisotopic (exact) mass is 542 g/mol. The first-order chi connectivity index (χ1) is 17.8. The normalized spacial score (nSPS) is 13.1. The zero-order valence-electron chi connectivity index (χ0n) is 20.8. The molecule has 0 radical (unpaired) electrons. The molecule has 3 aromatic rings. The first-order valence-corrected chi connectivity index (χ1v) is 14.5. The van der Waals surface area contributed by atoms with E-state index in [4.69, 9.17) is 4.74 Å². The zero-order chi connectivity index (χ0) is 26.4. The van der Waals surface area contributed by atoms with E-state index in [2.05, 4.69) is 15.6 Å². The molecule has 9 nitrogen and oxygen atoms in total. The molecule has 2 amide bonds. The minimum absolute atomic E-state index is 0.000999. The number of sulfonamides is 1. The number of nitrogens with one attached hydrogen (secondary N) is 2. The number of rotatable bonds is 11. The molecule has 2 heterocycles. The highest BCUT2D eigenvalue weighted by Gasteiger charge is 2.23. The summed E-state index contributed by atoms with van der Waals surface area (Å²) in [6.07, 6.45) is 2.23. The lowest BCUT2D eigenvalue weighted by Gasteiger charge is -2.21. The van der Waals surface area contributed by atoms with E-state index in [0.29, 0.717) is 41.8 Å². The number of benzene rings is 2. The standard InChI is InChI=1S/C26H30N4O5S2/c1-3-13-30(14-4-2)37(33,34)20-9-5-18(6-10-20)7-12-24(31)29-26-28-22(17-36-26)19-8-11-23-21(15-19)27-25(32)16-35-23/h5-6,8-11,15,17H,3-4,7,12-14,16H2,1-2H3,(H,27,32)(H,28,29,31). The fourth-order valence-corrected chi connectivity index (χ4v) is 6.33. The van der Waals surface area contributed by atoms with Crippen molar-refractivity contribution in [3.63, 3.8) is 0 Å². The maximum Gasteiger partial charge on any atom is 0.262 e. The number of hydrogen-bond acceptors (Lipinski definition) is 7. The molecule has 11 heteroatoms. The van der Waals surface area contributed by atoms with Crippen molar-refractivity contribution < 1.29 is 22.7 Å². The van der Waals surface area contributed by atoms with Gasteiger partial charge < -0.3 is 15.4 Å². The van der Waals surface area contributed by atoms with Crippen molar-refractivity contribution in [1.82, 2.24) is 9.29 Å². The molecular weight excluding hydrogens is 512 g/mol. The summed E-state index contributed by atoms with van der Waals surface area (Å²) in [5, 5.41) is 7.91. The van der Waals surface area contributed by atoms with Crippen molar-refractivity contribution in [2.24, 2.45) is 0 Å². The Balaban J connectivity index is 1.33. The maximum atomic E-state index is 12.9. The molecular formula is C26H30N4O5S2. The molecule has 0 atom stereocenters. The van der Waals surface area contributed by atoms with Crippen molar-refractivity contribution in [3.05, 3.63) is 53.4 Å². The second-order valence-corrected chi connectivity index (χ2v) is 11.5. The molecule has 2 aromatic carbocycles. The molecule has 1 aromatic heterocycles. The van der Waals surface area contributed by atoms with Crippen LogP contribution in [0.2, 0.25) is 0 Å². The highest BCUT2D eigenvalue weighted by atomic mass is 32.2. The molecule has 0 fully saturated rings. The van der Waals surface area contributed by atoms with Gasteiger partial charge in [-0.15, -0.1) is 11.3 Å². The van der Waals surface area contributed by atoms with Gasteiger partial charge in [0.2, 0.25) is 15.9 Å². The Kier molecular flexibility index (Phi) is 8.57. The van der Waals surface area contributed by atoms with Crippen LogP contribution < -0.4 is 15.4 Å². The third kappa shape index (κ3) is 6.54. The molecule has 4 rings (SSSR count). The van der Waals surface area contributed by atoms with Crippen LogP contribution in [0.15, 0.2) is 52.7 Å². The molecule has 1 aliphatic heterocycles. The fraction of sp³-hybridized carbons (Fsp3) is 0.346. The van der Waals surface area contributed by atoms with Crippen LogP contribution in [0.4, 0.5) is 10.8 Å². The Bertz CT molecular complexity index is 1360. The molecule has 0 saturated carbocycles. The number of hydrogen-bond donors (Lipinski definition) is 2. The minimum Gasteiger partial charge on any atom is -0.482 e. The van der Waals surface area contributed by atoms with Gasteiger partial charge in [-0.1, -0.05) is 26.0 Å². The van der Waals surface area contributed by atoms with E-state index in [1.165, 1.54) is 15.6 Å². The van der Waals surface area contributed by atoms with Crippen LogP contribution >= 0.6 is 11.3 Å². The Morgan fingerprint density at radius 1 is 1.14 bits per heavy atom. The smallest absolute Gasteiger partial charge is 0.262 e. The Hall–Kier alpha value is -3.28. The molecule has 1 aliphatic rings. The Morgan fingerprint density at radius 3 is 2.57 bits per heavy atom. The fourth-order valence-electron chi connectivity index (χ4n) is 3.97. The summed E-state index contributed by atoms with van der Waals surface area (Å²) in [7, 11) is -3.52. The number of amides is 2. The molecule has 2 N–H and O–H groups in total. The van der Waals surface area contributed by atoms with Crippen LogP contribution in [-0.4, -0.2) is 49.2 Å². The summed E-state index contributed by atoms with van der Waals surface area (Å²) >= 11 is 1.31. The van der Waals surface area contributed by atoms with E-state index < -0.39 is 10.0 Å². The van der Waals surface area contributed by atoms with Gasteiger partial charge in [-0.25, -0.2) is 13.4 Å². The van der Waals surface area contributed by atoms with Crippen molar-refractivity contribution in [2.75, 3.05) is 30.3 Å². The zero-order valence-corrected chi connectivity index (χ0v) is 22.5. The van der Waals surface area contributed by atoms with Crippen LogP contribution in [0.3, 0.4) is 0 Å². The number of anilines is 2. The molecule has 0 bridgehead atoms. The Morgan fingerprint density at radius 2 is 1.86 bits per heavy atom. The number of aryl methyl sites for hydroxylation is 1. The lowest BCUT2D eigenvalue weighted by molar-refractivity contribution is -0.118. The molecule has 0 unspecified atom stereocenters. The maximum absolute atomic E-state index is 12.9. The second kappa shape index (κ2) is 11.8. The van der Waals surface area contributed by atoms with E-state index in [9.17, 15) is 18.0 Å². The lowest BCUT2D eigenvalue weighted by Crippen LogP contribution is -2.32. The van der Waals surface area contributed by atoms with Gasteiger partial charge in [0.15, 0.2) is 11.7 Å². The average molecular weight is 543 g/mol. The van der Waals surface area contributed by atoms with Gasteiger partial charge in [-0.05, 0) is 55.2 Å². The summed E-state index contributed by atoms with van der Waals surface area (Å²) in [4.78, 5) is 28.8. The summed E-state index contributed by atoms with van der Waals surface area (Å²) in [6.45, 7) is 4.91. The van der Waals surface area contributed by atoms with E-state index in [-0.39, 0.29) is 29.7 Å². The summed E-state index contributed by atoms with van der Waals surface area (Å²) in [6, 6.07) is 12.2. The van der Waals surface area contributed by atoms with Crippen molar-refractivity contribution in [2.45, 2.75) is 44.4 Å². The predicted octanol–water partition coefficient (Wildman–Crippen LogP) is 4.52. The van der Waals surface area contributed by atoms with Crippen LogP contribution in [0, 0.1) is 0 Å². The number of thiazole rings is 1. The number of aromatic nitrogens is 1. The highest BCUT2D eigenvalue weighted by molar-refractivity contribution is 7.89. The molecule has 0 aliphatic carbocycles. The summed E-state index contributed by atoms with van der Waals surface area (Å²) in [5.74, 6) is 0.222. The predicted molar refractivity (Wildman–Crippen MR) is 144 cm³/mol. The molecule has 37 heavy (non-hydrogen) atoms. The first kappa shape index (κ1) is 26.8. The van der Waals surface area contributed by atoms with Crippen LogP contribution in [-0.2, 0) is 26.0 Å². The van der Waals surface area contributed by atoms with Gasteiger partial charge in [-0.3, -0.25) is 9.59 Å². The quantitative estimate of drug-likeness (QED) is 0.368. The summed E-state index contributed by atoms with van der Waals surface area (Å²) in [5.41, 5.74) is 2.95. The van der Waals surface area contributed by atoms with Crippen molar-refractivity contribution >= 4 is 44.0 Å². The third-order valence-corrected chi connectivity index (χ3v) is 8.48. The number of fused-ring (bicyclic) bond motifs is 1. The van der Waals surface area contributed by atoms with Crippen molar-refractivity contribution in [1.29, 1.82) is 0 Å². The highest BCUT2D eigenvalue weighted by Crippen LogP contribution is 2.33. The van der Waals surface area contributed by atoms with Crippen molar-refractivity contribution in [3.8, 4) is 17.0 Å². The lowest BCUT2D eigenvalue weighted by atomic mass is 10.1. The summed E-state index contributed by atoms with van der Waals surface area (Å²) < 4.78 is 32.7. The largest absolute Gasteiger partial charge is 0.482 e. The van der Waals surface area contributed by atoms with Gasteiger partial charge in [0.05, 0.1) is 16.3 Å². The first-order valence-electron chi connectivity index (χ1n) is 12.2. The second-order valence-electron chi connectivity index (χ2n) is 8.68. The molecule has 0 spiro atoms. The number of nitrogens with zero attached hydrogens (tertiary/aromatic N) is 2. The van der Waals surface area contributed by atoms with E-state index in [0.717, 1.165) is 24.0 Å². The number of carbonyl (C=O) groups excluding carboxylic acids is 2. The minimum atomic E-state index is -3.52. The SMILES string of the molecule is CCCN(CCC)S(=O)(=O)c1ccc(CCC(=O)Nc2nc(-c3ccc4c(c3)NC(=O)CO4)cs2)cc1. The Labute approximate surface area is 220 Å². The third-order valence-electron chi connectivity index (χ3n) is 5.81. The van der Waals surface area contributed by atoms with Gasteiger partial charge >= 0.3 is 0 Å². The van der Waals surface area contributed by atoms with Gasteiger partial charge in [0.25, 0.3) is 5.91 Å². The van der Waals surface area contributed by atoms with Crippen LogP contribution in [0.1, 0.15) is 38.7 Å². The molecule has 196 valence electrons.